The molecule has 0 radical (unpaired) electrons. The highest BCUT2D eigenvalue weighted by atomic mass is 35.5. The zero-order valence-electron chi connectivity index (χ0n) is 8.40. The molecule has 0 saturated carbocycles. The zero-order chi connectivity index (χ0) is 12.3. The van der Waals surface area contributed by atoms with E-state index in [1.165, 1.54) is 12.1 Å². The fourth-order valence-electron chi connectivity index (χ4n) is 1.11. The molecule has 16 heavy (non-hydrogen) atoms. The Balaban J connectivity index is 3.08. The topological polar surface area (TPSA) is 83.5 Å². The van der Waals surface area contributed by atoms with Gasteiger partial charge in [-0.2, -0.15) is 4.72 Å². The van der Waals surface area contributed by atoms with Crippen molar-refractivity contribution < 1.29 is 18.3 Å². The molecule has 1 aromatic carbocycles. The molecule has 0 fully saturated rings. The van der Waals surface area contributed by atoms with Crippen molar-refractivity contribution in [2.24, 2.45) is 0 Å². The highest BCUT2D eigenvalue weighted by Gasteiger charge is 2.18. The molecule has 0 bridgehead atoms. The van der Waals surface area contributed by atoms with Crippen molar-refractivity contribution in [2.75, 3.05) is 6.54 Å². The number of rotatable bonds is 4. The number of aliphatic carboxylic acids is 1. The largest absolute Gasteiger partial charge is 0.480 e. The normalized spacial score (nSPS) is 11.4. The highest BCUT2D eigenvalue weighted by Crippen LogP contribution is 2.22. The fraction of sp³-hybridized carbons (Fsp3) is 0.222. The molecule has 0 spiro atoms. The SMILES string of the molecule is Cc1c(Cl)cccc1S(=O)(=O)NCC(=O)O. The van der Waals surface area contributed by atoms with Crippen molar-refractivity contribution in [1.29, 1.82) is 0 Å². The maximum Gasteiger partial charge on any atom is 0.318 e. The van der Waals surface area contributed by atoms with Crippen LogP contribution in [-0.4, -0.2) is 26.0 Å². The van der Waals surface area contributed by atoms with Crippen LogP contribution in [0.2, 0.25) is 5.02 Å². The number of sulfonamides is 1. The fourth-order valence-corrected chi connectivity index (χ4v) is 2.58. The molecule has 0 aliphatic carbocycles. The Hall–Kier alpha value is -1.11. The van der Waals surface area contributed by atoms with Crippen LogP contribution in [0.15, 0.2) is 23.1 Å². The van der Waals surface area contributed by atoms with Gasteiger partial charge in [0, 0.05) is 5.02 Å². The van der Waals surface area contributed by atoms with Crippen LogP contribution in [-0.2, 0) is 14.8 Å². The Bertz CT molecular complexity index is 512. The molecular formula is C9H10ClNO4S. The van der Waals surface area contributed by atoms with Crippen LogP contribution in [0.4, 0.5) is 0 Å². The Morgan fingerprint density at radius 1 is 1.50 bits per heavy atom. The number of carboxylic acids is 1. The predicted octanol–water partition coefficient (Wildman–Crippen LogP) is 1.01. The zero-order valence-corrected chi connectivity index (χ0v) is 9.97. The van der Waals surface area contributed by atoms with Gasteiger partial charge in [-0.05, 0) is 24.6 Å². The summed E-state index contributed by atoms with van der Waals surface area (Å²) in [5, 5.41) is 8.71. The van der Waals surface area contributed by atoms with Gasteiger partial charge in [0.15, 0.2) is 0 Å². The van der Waals surface area contributed by atoms with Crippen molar-refractivity contribution >= 4 is 27.6 Å². The number of hydrogen-bond donors (Lipinski definition) is 2. The second-order valence-corrected chi connectivity index (χ2v) is 5.22. The summed E-state index contributed by atoms with van der Waals surface area (Å²) in [6.07, 6.45) is 0. The molecule has 0 aliphatic heterocycles. The third kappa shape index (κ3) is 2.94. The number of halogens is 1. The van der Waals surface area contributed by atoms with Gasteiger partial charge in [0.1, 0.15) is 6.54 Å². The van der Waals surface area contributed by atoms with E-state index in [4.69, 9.17) is 16.7 Å². The standard InChI is InChI=1S/C9H10ClNO4S/c1-6-7(10)3-2-4-8(6)16(14,15)11-5-9(12)13/h2-4,11H,5H2,1H3,(H,12,13). The second-order valence-electron chi connectivity index (χ2n) is 3.08. The van der Waals surface area contributed by atoms with E-state index in [0.717, 1.165) is 0 Å². The summed E-state index contributed by atoms with van der Waals surface area (Å²) in [7, 11) is -3.82. The molecule has 0 amide bonds. The molecule has 0 heterocycles. The number of carbonyl (C=O) groups is 1. The molecule has 0 atom stereocenters. The van der Waals surface area contributed by atoms with E-state index in [0.29, 0.717) is 10.6 Å². The minimum absolute atomic E-state index is 0.0127. The van der Waals surface area contributed by atoms with Crippen molar-refractivity contribution in [3.63, 3.8) is 0 Å². The summed E-state index contributed by atoms with van der Waals surface area (Å²) in [5.41, 5.74) is 0.391. The maximum atomic E-state index is 11.7. The van der Waals surface area contributed by atoms with E-state index in [-0.39, 0.29) is 4.90 Å². The van der Waals surface area contributed by atoms with E-state index >= 15 is 0 Å². The lowest BCUT2D eigenvalue weighted by molar-refractivity contribution is -0.135. The minimum Gasteiger partial charge on any atom is -0.480 e. The first-order valence-electron chi connectivity index (χ1n) is 4.31. The van der Waals surface area contributed by atoms with Crippen molar-refractivity contribution in [3.05, 3.63) is 28.8 Å². The van der Waals surface area contributed by atoms with Crippen LogP contribution >= 0.6 is 11.6 Å². The first-order valence-corrected chi connectivity index (χ1v) is 6.17. The van der Waals surface area contributed by atoms with Gasteiger partial charge >= 0.3 is 5.97 Å². The molecule has 0 unspecified atom stereocenters. The van der Waals surface area contributed by atoms with Gasteiger partial charge in [0.05, 0.1) is 4.90 Å². The Morgan fingerprint density at radius 3 is 2.69 bits per heavy atom. The van der Waals surface area contributed by atoms with Crippen LogP contribution in [0.5, 0.6) is 0 Å². The average molecular weight is 264 g/mol. The van der Waals surface area contributed by atoms with E-state index in [2.05, 4.69) is 0 Å². The first kappa shape index (κ1) is 13.0. The van der Waals surface area contributed by atoms with Gasteiger partial charge in [0.25, 0.3) is 0 Å². The van der Waals surface area contributed by atoms with E-state index in [9.17, 15) is 13.2 Å². The molecule has 5 nitrogen and oxygen atoms in total. The Morgan fingerprint density at radius 2 is 2.12 bits per heavy atom. The lowest BCUT2D eigenvalue weighted by atomic mass is 10.2. The summed E-state index contributed by atoms with van der Waals surface area (Å²) in [4.78, 5) is 10.3. The minimum atomic E-state index is -3.82. The number of nitrogens with one attached hydrogen (secondary N) is 1. The summed E-state index contributed by atoms with van der Waals surface area (Å²) < 4.78 is 25.3. The maximum absolute atomic E-state index is 11.7. The van der Waals surface area contributed by atoms with Crippen LogP contribution in [0.1, 0.15) is 5.56 Å². The highest BCUT2D eigenvalue weighted by molar-refractivity contribution is 7.89. The molecule has 1 aromatic rings. The molecule has 0 aliphatic rings. The van der Waals surface area contributed by atoms with Crippen molar-refractivity contribution in [3.8, 4) is 0 Å². The molecular weight excluding hydrogens is 254 g/mol. The molecule has 7 heteroatoms. The Kier molecular flexibility index (Phi) is 3.90. The van der Waals surface area contributed by atoms with Crippen LogP contribution in [0, 0.1) is 6.92 Å². The van der Waals surface area contributed by atoms with Gasteiger partial charge in [-0.3, -0.25) is 4.79 Å². The third-order valence-electron chi connectivity index (χ3n) is 1.92. The molecule has 0 saturated heterocycles. The van der Waals surface area contributed by atoms with E-state index in [1.54, 1.807) is 13.0 Å². The molecule has 1 rings (SSSR count). The van der Waals surface area contributed by atoms with Crippen molar-refractivity contribution in [2.45, 2.75) is 11.8 Å². The first-order chi connectivity index (χ1) is 7.34. The quantitative estimate of drug-likeness (QED) is 0.849. The summed E-state index contributed by atoms with van der Waals surface area (Å²) in [5.74, 6) is -1.25. The van der Waals surface area contributed by atoms with Crippen LogP contribution in [0.25, 0.3) is 0 Å². The summed E-state index contributed by atoms with van der Waals surface area (Å²) in [6.45, 7) is 0.895. The predicted molar refractivity (Wildman–Crippen MR) is 59.0 cm³/mol. The molecule has 0 aromatic heterocycles. The summed E-state index contributed by atoms with van der Waals surface area (Å²) in [6, 6.07) is 4.42. The van der Waals surface area contributed by atoms with E-state index < -0.39 is 22.5 Å². The molecule has 2 N–H and O–H groups in total. The second kappa shape index (κ2) is 4.82. The summed E-state index contributed by atoms with van der Waals surface area (Å²) >= 11 is 5.77. The van der Waals surface area contributed by atoms with Gasteiger partial charge in [0.2, 0.25) is 10.0 Å². The van der Waals surface area contributed by atoms with Gasteiger partial charge in [-0.1, -0.05) is 17.7 Å². The van der Waals surface area contributed by atoms with Crippen LogP contribution in [0.3, 0.4) is 0 Å². The lowest BCUT2D eigenvalue weighted by Crippen LogP contribution is -2.29. The van der Waals surface area contributed by atoms with Gasteiger partial charge in [-0.25, -0.2) is 8.42 Å². The number of hydrogen-bond acceptors (Lipinski definition) is 3. The number of carboxylic acid groups (broad SMARTS) is 1. The van der Waals surface area contributed by atoms with Gasteiger partial charge in [-0.15, -0.1) is 0 Å². The lowest BCUT2D eigenvalue weighted by Gasteiger charge is -2.08. The van der Waals surface area contributed by atoms with Crippen molar-refractivity contribution in [1.82, 2.24) is 4.72 Å². The smallest absolute Gasteiger partial charge is 0.318 e. The van der Waals surface area contributed by atoms with Gasteiger partial charge < -0.3 is 5.11 Å². The third-order valence-corrected chi connectivity index (χ3v) is 3.88. The Labute approximate surface area is 98.1 Å². The van der Waals surface area contributed by atoms with Crippen LogP contribution < -0.4 is 4.72 Å². The monoisotopic (exact) mass is 263 g/mol. The van der Waals surface area contributed by atoms with E-state index in [1.807, 2.05) is 4.72 Å². The molecule has 88 valence electrons. The number of benzene rings is 1. The average Bonchev–Trinajstić information content (AvgIpc) is 2.19.